The molecule has 3 aliphatic rings. The van der Waals surface area contributed by atoms with E-state index in [4.69, 9.17) is 9.98 Å². The summed E-state index contributed by atoms with van der Waals surface area (Å²) in [5, 5.41) is 0. The first-order chi connectivity index (χ1) is 9.65. The van der Waals surface area contributed by atoms with Gasteiger partial charge in [-0.1, -0.05) is 30.7 Å². The number of fused-ring (bicyclic) bond motifs is 4. The summed E-state index contributed by atoms with van der Waals surface area (Å²) in [7, 11) is 2.08. The molecule has 0 radical (unpaired) electrons. The van der Waals surface area contributed by atoms with E-state index in [2.05, 4.69) is 62.2 Å². The summed E-state index contributed by atoms with van der Waals surface area (Å²) in [6.07, 6.45) is 4.40. The molecule has 1 aliphatic carbocycles. The summed E-state index contributed by atoms with van der Waals surface area (Å²) < 4.78 is 0. The highest BCUT2D eigenvalue weighted by atomic mass is 15.2. The van der Waals surface area contributed by atoms with Crippen molar-refractivity contribution in [1.82, 2.24) is 0 Å². The number of hydrogen-bond donors (Lipinski definition) is 0. The van der Waals surface area contributed by atoms with Gasteiger partial charge in [0.05, 0.1) is 11.4 Å². The lowest BCUT2D eigenvalue weighted by atomic mass is 9.92. The van der Waals surface area contributed by atoms with Gasteiger partial charge < -0.3 is 4.90 Å². The first-order valence-electron chi connectivity index (χ1n) is 7.04. The molecule has 0 amide bonds. The van der Waals surface area contributed by atoms with Crippen molar-refractivity contribution in [3.8, 4) is 0 Å². The van der Waals surface area contributed by atoms with Crippen LogP contribution >= 0.6 is 0 Å². The molecule has 0 fully saturated rings. The van der Waals surface area contributed by atoms with Crippen LogP contribution in [0.5, 0.6) is 0 Å². The fourth-order valence-corrected chi connectivity index (χ4v) is 3.07. The number of nitrogens with zero attached hydrogens (tertiary/aromatic N) is 3. The highest BCUT2D eigenvalue weighted by Gasteiger charge is 2.36. The molecular weight excluding hydrogens is 246 g/mol. The van der Waals surface area contributed by atoms with Crippen LogP contribution in [-0.4, -0.2) is 18.6 Å². The van der Waals surface area contributed by atoms with Gasteiger partial charge in [-0.2, -0.15) is 0 Å². The van der Waals surface area contributed by atoms with Gasteiger partial charge in [-0.25, -0.2) is 4.99 Å². The first kappa shape index (κ1) is 11.6. The highest BCUT2D eigenvalue weighted by molar-refractivity contribution is 6.18. The van der Waals surface area contributed by atoms with Gasteiger partial charge in [0.25, 0.3) is 0 Å². The smallest absolute Gasteiger partial charge is 0.139 e. The minimum absolute atomic E-state index is 0.0563. The maximum absolute atomic E-state index is 4.94. The van der Waals surface area contributed by atoms with Gasteiger partial charge in [-0.05, 0) is 31.1 Å². The topological polar surface area (TPSA) is 28.0 Å². The van der Waals surface area contributed by atoms with Crippen molar-refractivity contribution >= 4 is 17.2 Å². The summed E-state index contributed by atoms with van der Waals surface area (Å²) in [4.78, 5) is 12.0. The Balaban J connectivity index is 1.88. The van der Waals surface area contributed by atoms with Crippen molar-refractivity contribution in [1.29, 1.82) is 0 Å². The fourth-order valence-electron chi connectivity index (χ4n) is 3.07. The summed E-state index contributed by atoms with van der Waals surface area (Å²) in [5.41, 5.74) is 5.87. The predicted molar refractivity (Wildman–Crippen MR) is 83.5 cm³/mol. The van der Waals surface area contributed by atoms with Crippen molar-refractivity contribution in [2.75, 3.05) is 11.9 Å². The lowest BCUT2D eigenvalue weighted by molar-refractivity contribution is 0.841. The van der Waals surface area contributed by atoms with Crippen LogP contribution in [-0.2, 0) is 0 Å². The van der Waals surface area contributed by atoms with E-state index in [1.54, 1.807) is 0 Å². The third kappa shape index (κ3) is 1.46. The van der Waals surface area contributed by atoms with Gasteiger partial charge in [0.15, 0.2) is 0 Å². The standard InChI is InChI=1S/C17H17N3/c1-10-8-13-14(9-11(10)2)19-17-16(18-13)12-6-4-5-7-15(12)20(17)3/h4-9,11,16H,1-3H3. The Hall–Kier alpha value is -2.16. The van der Waals surface area contributed by atoms with E-state index < -0.39 is 0 Å². The van der Waals surface area contributed by atoms with Gasteiger partial charge in [0.2, 0.25) is 0 Å². The van der Waals surface area contributed by atoms with Crippen molar-refractivity contribution in [3.05, 3.63) is 53.3 Å². The molecule has 4 rings (SSSR count). The number of allylic oxidation sites excluding steroid dienone is 3. The van der Waals surface area contributed by atoms with Crippen molar-refractivity contribution in [2.45, 2.75) is 19.9 Å². The maximum atomic E-state index is 4.94. The predicted octanol–water partition coefficient (Wildman–Crippen LogP) is 3.51. The Labute approximate surface area is 119 Å². The van der Waals surface area contributed by atoms with E-state index in [0.29, 0.717) is 5.92 Å². The lowest BCUT2D eigenvalue weighted by Gasteiger charge is -2.24. The maximum Gasteiger partial charge on any atom is 0.139 e. The molecule has 2 unspecified atom stereocenters. The number of hydrogen-bond acceptors (Lipinski definition) is 3. The molecule has 2 atom stereocenters. The molecule has 0 spiro atoms. The van der Waals surface area contributed by atoms with Crippen molar-refractivity contribution in [2.24, 2.45) is 15.9 Å². The Morgan fingerprint density at radius 1 is 1.20 bits per heavy atom. The number of rotatable bonds is 0. The lowest BCUT2D eigenvalue weighted by Crippen LogP contribution is -2.28. The van der Waals surface area contributed by atoms with Gasteiger partial charge in [0, 0.05) is 18.3 Å². The zero-order chi connectivity index (χ0) is 13.9. The van der Waals surface area contributed by atoms with Gasteiger partial charge in [-0.3, -0.25) is 4.99 Å². The molecule has 0 bridgehead atoms. The molecular formula is C17H17N3. The zero-order valence-electron chi connectivity index (χ0n) is 12.0. The molecule has 2 heterocycles. The number of likely N-dealkylation sites (N-methyl/N-ethyl adjacent to an activating group) is 1. The highest BCUT2D eigenvalue weighted by Crippen LogP contribution is 2.41. The summed E-state index contributed by atoms with van der Waals surface area (Å²) in [6.45, 7) is 4.36. The molecule has 3 nitrogen and oxygen atoms in total. The first-order valence-corrected chi connectivity index (χ1v) is 7.04. The summed E-state index contributed by atoms with van der Waals surface area (Å²) in [5.74, 6) is 1.49. The molecule has 1 aromatic rings. The molecule has 0 saturated carbocycles. The normalized spacial score (nSPS) is 26.9. The van der Waals surface area contributed by atoms with Gasteiger partial charge in [0.1, 0.15) is 11.9 Å². The van der Waals surface area contributed by atoms with Crippen LogP contribution in [0.15, 0.2) is 57.7 Å². The van der Waals surface area contributed by atoms with Crippen LogP contribution < -0.4 is 4.90 Å². The number of anilines is 1. The largest absolute Gasteiger partial charge is 0.330 e. The Morgan fingerprint density at radius 2 is 2.00 bits per heavy atom. The van der Waals surface area contributed by atoms with Crippen molar-refractivity contribution in [3.63, 3.8) is 0 Å². The molecule has 2 aliphatic heterocycles. The molecule has 0 aromatic heterocycles. The minimum Gasteiger partial charge on any atom is -0.330 e. The minimum atomic E-state index is 0.0563. The van der Waals surface area contributed by atoms with Crippen LogP contribution in [0.2, 0.25) is 0 Å². The average molecular weight is 263 g/mol. The van der Waals surface area contributed by atoms with Crippen LogP contribution in [0.25, 0.3) is 0 Å². The summed E-state index contributed by atoms with van der Waals surface area (Å²) >= 11 is 0. The van der Waals surface area contributed by atoms with E-state index >= 15 is 0 Å². The molecule has 3 heteroatoms. The SMILES string of the molecule is CC1=CC2=NC3C(=NC2=CC1C)N(C)c1ccccc13. The number of benzene rings is 1. The molecule has 1 aromatic carbocycles. The van der Waals surface area contributed by atoms with E-state index in [9.17, 15) is 0 Å². The van der Waals surface area contributed by atoms with Crippen LogP contribution in [0.3, 0.4) is 0 Å². The third-order valence-corrected chi connectivity index (χ3v) is 4.44. The van der Waals surface area contributed by atoms with E-state index in [0.717, 1.165) is 17.2 Å². The second-order valence-electron chi connectivity index (χ2n) is 5.73. The second-order valence-corrected chi connectivity index (χ2v) is 5.73. The van der Waals surface area contributed by atoms with E-state index in [1.165, 1.54) is 16.8 Å². The zero-order valence-corrected chi connectivity index (χ0v) is 12.0. The molecule has 0 N–H and O–H groups in total. The monoisotopic (exact) mass is 263 g/mol. The van der Waals surface area contributed by atoms with Gasteiger partial charge in [-0.15, -0.1) is 0 Å². The van der Waals surface area contributed by atoms with E-state index in [-0.39, 0.29) is 6.04 Å². The Bertz CT molecular complexity index is 722. The Kier molecular flexibility index (Phi) is 2.28. The number of para-hydroxylation sites is 1. The van der Waals surface area contributed by atoms with Crippen LogP contribution in [0, 0.1) is 5.92 Å². The summed E-state index contributed by atoms with van der Waals surface area (Å²) in [6, 6.07) is 8.49. The molecule has 20 heavy (non-hydrogen) atoms. The van der Waals surface area contributed by atoms with Crippen LogP contribution in [0.1, 0.15) is 25.5 Å². The Morgan fingerprint density at radius 3 is 2.85 bits per heavy atom. The number of aliphatic imine (C=N–C) groups is 2. The molecule has 0 saturated heterocycles. The van der Waals surface area contributed by atoms with Gasteiger partial charge >= 0.3 is 0 Å². The van der Waals surface area contributed by atoms with Crippen LogP contribution in [0.4, 0.5) is 5.69 Å². The average Bonchev–Trinajstić information content (AvgIpc) is 2.72. The third-order valence-electron chi connectivity index (χ3n) is 4.44. The number of amidine groups is 1. The van der Waals surface area contributed by atoms with Crippen molar-refractivity contribution < 1.29 is 0 Å². The quantitative estimate of drug-likeness (QED) is 0.704. The molecule has 100 valence electrons. The second kappa shape index (κ2) is 3.92. The fraction of sp³-hybridized carbons (Fsp3) is 0.294. The van der Waals surface area contributed by atoms with E-state index in [1.807, 2.05) is 0 Å².